The second-order valence-electron chi connectivity index (χ2n) is 4.38. The zero-order valence-electron chi connectivity index (χ0n) is 10.5. The van der Waals surface area contributed by atoms with Gasteiger partial charge in [0.05, 0.1) is 0 Å². The summed E-state index contributed by atoms with van der Waals surface area (Å²) < 4.78 is 63.2. The van der Waals surface area contributed by atoms with Crippen molar-refractivity contribution in [3.8, 4) is 5.75 Å². The maximum Gasteiger partial charge on any atom is 0.534 e. The van der Waals surface area contributed by atoms with Crippen LogP contribution in [0.25, 0.3) is 0 Å². The van der Waals surface area contributed by atoms with Gasteiger partial charge in [0.1, 0.15) is 5.75 Å². The highest BCUT2D eigenvalue weighted by Crippen LogP contribution is 2.33. The molecular formula is C12H11F3O4S. The van der Waals surface area contributed by atoms with Gasteiger partial charge in [0, 0.05) is 12.0 Å². The molecule has 0 bridgehead atoms. The van der Waals surface area contributed by atoms with Gasteiger partial charge in [-0.1, -0.05) is 6.92 Å². The number of halogens is 3. The van der Waals surface area contributed by atoms with Gasteiger partial charge in [-0.15, -0.1) is 0 Å². The van der Waals surface area contributed by atoms with Crippen LogP contribution in [0.2, 0.25) is 0 Å². The second-order valence-corrected chi connectivity index (χ2v) is 5.91. The molecule has 110 valence electrons. The van der Waals surface area contributed by atoms with Gasteiger partial charge >= 0.3 is 15.6 Å². The summed E-state index contributed by atoms with van der Waals surface area (Å²) in [6.07, 6.45) is 0.901. The molecule has 8 heteroatoms. The summed E-state index contributed by atoms with van der Waals surface area (Å²) in [5.41, 5.74) is -4.28. The number of carbonyl (C=O) groups excluding carboxylic acids is 1. The summed E-state index contributed by atoms with van der Waals surface area (Å²) in [5, 5.41) is 0. The Kier molecular flexibility index (Phi) is 3.53. The highest BCUT2D eigenvalue weighted by Gasteiger charge is 2.48. The second kappa shape index (κ2) is 4.76. The fourth-order valence-corrected chi connectivity index (χ4v) is 2.52. The number of carbonyl (C=O) groups is 1. The summed E-state index contributed by atoms with van der Waals surface area (Å²) in [4.78, 5) is 11.6. The molecule has 0 atom stereocenters. The van der Waals surface area contributed by atoms with Crippen LogP contribution in [0.1, 0.15) is 34.8 Å². The Bertz CT molecular complexity index is 662. The lowest BCUT2D eigenvalue weighted by atomic mass is 10.0. The number of aryl methyl sites for hydroxylation is 2. The maximum atomic E-state index is 12.3. The minimum absolute atomic E-state index is 0.0973. The van der Waals surface area contributed by atoms with Crippen LogP contribution < -0.4 is 4.18 Å². The quantitative estimate of drug-likeness (QED) is 0.636. The van der Waals surface area contributed by atoms with Crippen molar-refractivity contribution in [1.29, 1.82) is 0 Å². The first-order chi connectivity index (χ1) is 9.15. The molecule has 0 unspecified atom stereocenters. The number of hydrogen-bond acceptors (Lipinski definition) is 4. The topological polar surface area (TPSA) is 60.4 Å². The van der Waals surface area contributed by atoms with Crippen LogP contribution in [-0.2, 0) is 23.0 Å². The van der Waals surface area contributed by atoms with E-state index in [0.717, 1.165) is 0 Å². The highest BCUT2D eigenvalue weighted by atomic mass is 32.2. The van der Waals surface area contributed by atoms with Crippen molar-refractivity contribution < 1.29 is 30.6 Å². The smallest absolute Gasteiger partial charge is 0.376 e. The molecule has 0 aromatic heterocycles. The first-order valence-electron chi connectivity index (χ1n) is 5.85. The Hall–Kier alpha value is -1.57. The van der Waals surface area contributed by atoms with Crippen molar-refractivity contribution in [2.75, 3.05) is 0 Å². The lowest BCUT2D eigenvalue weighted by molar-refractivity contribution is -0.0500. The SMILES string of the molecule is CCc1cc2c(cc1OS(=O)(=O)C(F)(F)F)CCC2=O. The van der Waals surface area contributed by atoms with Gasteiger partial charge in [-0.3, -0.25) is 4.79 Å². The zero-order chi connectivity index (χ0) is 15.1. The number of alkyl halides is 3. The predicted molar refractivity (Wildman–Crippen MR) is 64.1 cm³/mol. The van der Waals surface area contributed by atoms with Crippen LogP contribution in [0.4, 0.5) is 13.2 Å². The van der Waals surface area contributed by atoms with Crippen molar-refractivity contribution in [2.45, 2.75) is 31.7 Å². The molecule has 0 saturated heterocycles. The van der Waals surface area contributed by atoms with E-state index in [2.05, 4.69) is 4.18 Å². The van der Waals surface area contributed by atoms with E-state index < -0.39 is 15.6 Å². The van der Waals surface area contributed by atoms with Gasteiger partial charge in [-0.05, 0) is 36.1 Å². The standard InChI is InChI=1S/C12H11F3O4S/c1-2-7-5-9-8(3-4-10(9)16)6-11(7)19-20(17,18)12(13,14)15/h5-6H,2-4H2,1H3. The normalized spacial score (nSPS) is 15.3. The third-order valence-electron chi connectivity index (χ3n) is 3.07. The Morgan fingerprint density at radius 1 is 1.25 bits per heavy atom. The molecule has 0 heterocycles. The van der Waals surface area contributed by atoms with E-state index in [1.54, 1.807) is 6.92 Å². The fourth-order valence-electron chi connectivity index (χ4n) is 2.04. The van der Waals surface area contributed by atoms with Crippen LogP contribution >= 0.6 is 0 Å². The van der Waals surface area contributed by atoms with E-state index in [1.807, 2.05) is 0 Å². The first kappa shape index (κ1) is 14.8. The molecule has 0 saturated carbocycles. The molecule has 0 spiro atoms. The van der Waals surface area contributed by atoms with Gasteiger partial charge in [0.15, 0.2) is 5.78 Å². The fraction of sp³-hybridized carbons (Fsp3) is 0.417. The molecule has 0 amide bonds. The molecule has 4 nitrogen and oxygen atoms in total. The average Bonchev–Trinajstić information content (AvgIpc) is 2.67. The van der Waals surface area contributed by atoms with E-state index in [9.17, 15) is 26.4 Å². The summed E-state index contributed by atoms with van der Waals surface area (Å²) in [7, 11) is -5.70. The van der Waals surface area contributed by atoms with Crippen molar-refractivity contribution >= 4 is 15.9 Å². The molecule has 0 N–H and O–H groups in total. The third-order valence-corrected chi connectivity index (χ3v) is 4.04. The van der Waals surface area contributed by atoms with Crippen molar-refractivity contribution in [3.05, 3.63) is 28.8 Å². The number of fused-ring (bicyclic) bond motifs is 1. The summed E-state index contributed by atoms with van der Waals surface area (Å²) in [5.74, 6) is -0.460. The van der Waals surface area contributed by atoms with Crippen LogP contribution in [0.5, 0.6) is 5.75 Å². The molecule has 0 fully saturated rings. The van der Waals surface area contributed by atoms with E-state index in [0.29, 0.717) is 17.5 Å². The van der Waals surface area contributed by atoms with Crippen LogP contribution in [0, 0.1) is 0 Å². The van der Waals surface area contributed by atoms with Gasteiger partial charge in [0.25, 0.3) is 0 Å². The average molecular weight is 308 g/mol. The van der Waals surface area contributed by atoms with E-state index in [1.165, 1.54) is 12.1 Å². The van der Waals surface area contributed by atoms with Crippen molar-refractivity contribution in [3.63, 3.8) is 0 Å². The number of rotatable bonds is 3. The number of hydrogen-bond donors (Lipinski definition) is 0. The van der Waals surface area contributed by atoms with Crippen LogP contribution in [0.3, 0.4) is 0 Å². The van der Waals surface area contributed by atoms with Gasteiger partial charge in [-0.25, -0.2) is 0 Å². The van der Waals surface area contributed by atoms with E-state index >= 15 is 0 Å². The van der Waals surface area contributed by atoms with Gasteiger partial charge in [-0.2, -0.15) is 21.6 Å². The van der Waals surface area contributed by atoms with E-state index in [-0.39, 0.29) is 29.9 Å². The predicted octanol–water partition coefficient (Wildman–Crippen LogP) is 2.61. The Labute approximate surface area is 113 Å². The Morgan fingerprint density at radius 3 is 2.45 bits per heavy atom. The molecule has 1 aliphatic rings. The van der Waals surface area contributed by atoms with Crippen LogP contribution in [0.15, 0.2) is 12.1 Å². The molecule has 1 aliphatic carbocycles. The molecular weight excluding hydrogens is 297 g/mol. The summed E-state index contributed by atoms with van der Waals surface area (Å²) in [6.45, 7) is 1.63. The highest BCUT2D eigenvalue weighted by molar-refractivity contribution is 7.88. The third kappa shape index (κ3) is 2.52. The molecule has 1 aromatic carbocycles. The molecule has 0 aliphatic heterocycles. The number of benzene rings is 1. The maximum absolute atomic E-state index is 12.3. The summed E-state index contributed by atoms with van der Waals surface area (Å²) in [6, 6.07) is 2.62. The summed E-state index contributed by atoms with van der Waals surface area (Å²) >= 11 is 0. The monoisotopic (exact) mass is 308 g/mol. The number of ketones is 1. The van der Waals surface area contributed by atoms with Gasteiger partial charge < -0.3 is 4.18 Å². The van der Waals surface area contributed by atoms with Crippen molar-refractivity contribution in [2.24, 2.45) is 0 Å². The molecule has 20 heavy (non-hydrogen) atoms. The molecule has 2 rings (SSSR count). The van der Waals surface area contributed by atoms with Crippen LogP contribution in [-0.4, -0.2) is 19.7 Å². The zero-order valence-corrected chi connectivity index (χ0v) is 11.3. The van der Waals surface area contributed by atoms with Crippen molar-refractivity contribution in [1.82, 2.24) is 0 Å². The lowest BCUT2D eigenvalue weighted by Gasteiger charge is -2.13. The van der Waals surface area contributed by atoms with E-state index in [4.69, 9.17) is 0 Å². The number of Topliss-reactive ketones (excluding diaryl/α,β-unsaturated/α-hetero) is 1. The minimum Gasteiger partial charge on any atom is -0.376 e. The largest absolute Gasteiger partial charge is 0.534 e. The molecule has 0 radical (unpaired) electrons. The Balaban J connectivity index is 2.46. The Morgan fingerprint density at radius 2 is 1.90 bits per heavy atom. The molecule has 1 aromatic rings. The van der Waals surface area contributed by atoms with Gasteiger partial charge in [0.2, 0.25) is 0 Å². The minimum atomic E-state index is -5.70. The first-order valence-corrected chi connectivity index (χ1v) is 7.26. The lowest BCUT2D eigenvalue weighted by Crippen LogP contribution is -2.28.